The second-order valence-electron chi connectivity index (χ2n) is 14.2. The fourth-order valence-electron chi connectivity index (χ4n) is 6.26. The highest BCUT2D eigenvalue weighted by atomic mass is 79.9. The Hall–Kier alpha value is -5.46. The third kappa shape index (κ3) is 14.0. The molecule has 17 heteroatoms. The van der Waals surface area contributed by atoms with Crippen LogP contribution in [0.3, 0.4) is 0 Å². The molecule has 0 atom stereocenters. The zero-order valence-electron chi connectivity index (χ0n) is 36.0. The van der Waals surface area contributed by atoms with Crippen LogP contribution in [0.25, 0.3) is 0 Å². The first-order chi connectivity index (χ1) is 30.4. The van der Waals surface area contributed by atoms with Crippen molar-refractivity contribution in [2.75, 3.05) is 33.8 Å². The Balaban J connectivity index is 0.000000238. The van der Waals surface area contributed by atoms with E-state index in [1.54, 1.807) is 62.3 Å². The van der Waals surface area contributed by atoms with Crippen molar-refractivity contribution in [3.05, 3.63) is 156 Å². The van der Waals surface area contributed by atoms with Gasteiger partial charge in [0.2, 0.25) is 0 Å². The summed E-state index contributed by atoms with van der Waals surface area (Å²) >= 11 is 3.41. The molecule has 2 aromatic heterocycles. The van der Waals surface area contributed by atoms with Crippen LogP contribution in [0.15, 0.2) is 144 Å². The van der Waals surface area contributed by atoms with Crippen LogP contribution in [0.2, 0.25) is 0 Å². The van der Waals surface area contributed by atoms with Gasteiger partial charge < -0.3 is 18.9 Å². The van der Waals surface area contributed by atoms with E-state index in [9.17, 15) is 16.8 Å². The molecule has 0 aliphatic carbocycles. The smallest absolute Gasteiger partial charge is 0.262 e. The molecule has 0 aliphatic heterocycles. The first kappa shape index (κ1) is 48.6. The van der Waals surface area contributed by atoms with Crippen molar-refractivity contribution in [3.63, 3.8) is 0 Å². The van der Waals surface area contributed by atoms with Gasteiger partial charge in [-0.2, -0.15) is 18.8 Å². The van der Waals surface area contributed by atoms with Crippen molar-refractivity contribution >= 4 is 36.0 Å². The molecule has 14 nitrogen and oxygen atoms in total. The Morgan fingerprint density at radius 2 is 0.841 bits per heavy atom. The van der Waals surface area contributed by atoms with Gasteiger partial charge in [0, 0.05) is 57.0 Å². The van der Waals surface area contributed by atoms with Gasteiger partial charge in [0.25, 0.3) is 20.0 Å². The summed E-state index contributed by atoms with van der Waals surface area (Å²) in [6.45, 7) is 5.80. The highest BCUT2D eigenvalue weighted by Gasteiger charge is 2.29. The summed E-state index contributed by atoms with van der Waals surface area (Å²) in [6, 6.07) is 32.6. The first-order valence-electron chi connectivity index (χ1n) is 20.2. The third-order valence-corrected chi connectivity index (χ3v) is 13.8. The van der Waals surface area contributed by atoms with E-state index in [-0.39, 0.29) is 36.2 Å². The lowest BCUT2D eigenvalue weighted by Crippen LogP contribution is -2.30. The number of benzene rings is 4. The van der Waals surface area contributed by atoms with Crippen LogP contribution >= 0.6 is 15.9 Å². The van der Waals surface area contributed by atoms with Crippen molar-refractivity contribution in [2.24, 2.45) is 0 Å². The van der Waals surface area contributed by atoms with E-state index >= 15 is 0 Å². The van der Waals surface area contributed by atoms with Gasteiger partial charge in [0.05, 0.1) is 28.4 Å². The molecule has 0 fully saturated rings. The minimum Gasteiger partial charge on any atom is -0.497 e. The number of alkyl halides is 1. The van der Waals surface area contributed by atoms with Crippen LogP contribution in [-0.2, 0) is 59.3 Å². The van der Waals surface area contributed by atoms with Crippen LogP contribution in [-0.4, -0.2) is 78.8 Å². The maximum atomic E-state index is 13.5. The molecule has 63 heavy (non-hydrogen) atoms. The molecule has 6 rings (SSSR count). The first-order valence-corrected chi connectivity index (χ1v) is 24.2. The SMILES string of the molecule is C=CCCn1ccc(S(=O)(=O)N(Cc2ccc(OC)cc2)Cc2ccc(OC)cc2)n1.COc1ccc(CN(Cc2ccc(OC)cc2)S(=O)(=O)c2ccn(CCCCBr)n2)cc1. The van der Waals surface area contributed by atoms with Gasteiger partial charge in [0.15, 0.2) is 10.1 Å². The number of ether oxygens (including phenoxy) is 4. The normalized spacial score (nSPS) is 11.5. The second-order valence-corrected chi connectivity index (χ2v) is 18.8. The molecule has 2 heterocycles. The number of hydrogen-bond donors (Lipinski definition) is 0. The number of halogens is 1. The van der Waals surface area contributed by atoms with Gasteiger partial charge in [-0.05, 0) is 102 Å². The zero-order chi connectivity index (χ0) is 45.2. The Morgan fingerprint density at radius 3 is 1.13 bits per heavy atom. The molecular formula is C46H55BrN6O8S2. The molecule has 0 bridgehead atoms. The largest absolute Gasteiger partial charge is 0.497 e. The standard InChI is InChI=1S/C23H28BrN3O4S.C23H27N3O4S/c1-30-21-9-5-19(6-10-21)17-27(18-20-7-11-22(31-2)12-8-20)32(28,29)23-13-16-26(25-23)15-4-3-14-24;1-4-5-15-25-16-14-23(24-25)31(27,28)26(17-19-6-10-21(29-2)11-7-19)18-20-8-12-22(30-3)13-9-20/h5-13,16H,3-4,14-15,17-18H2,1-2H3;4,6-14,16H,1,5,15,17-18H2,2-3H3. The average Bonchev–Trinajstić information content (AvgIpc) is 4.01. The van der Waals surface area contributed by atoms with Crippen LogP contribution in [0.5, 0.6) is 23.0 Å². The molecule has 0 saturated carbocycles. The molecule has 0 aliphatic rings. The van der Waals surface area contributed by atoms with Gasteiger partial charge in [0.1, 0.15) is 23.0 Å². The number of unbranched alkanes of at least 4 members (excludes halogenated alkanes) is 1. The number of rotatable bonds is 23. The molecule has 0 spiro atoms. The number of sulfonamides is 2. The molecule has 336 valence electrons. The van der Waals surface area contributed by atoms with Gasteiger partial charge >= 0.3 is 0 Å². The summed E-state index contributed by atoms with van der Waals surface area (Å²) in [5, 5.41) is 9.62. The number of aromatic nitrogens is 4. The van der Waals surface area contributed by atoms with E-state index in [0.29, 0.717) is 31.0 Å². The minimum absolute atomic E-state index is 0.0265. The number of allylic oxidation sites excluding steroid dienone is 1. The Kier molecular flexibility index (Phi) is 18.4. The lowest BCUT2D eigenvalue weighted by molar-refractivity contribution is 0.394. The molecular weight excluding hydrogens is 909 g/mol. The summed E-state index contributed by atoms with van der Waals surface area (Å²) < 4.78 is 81.0. The molecule has 0 N–H and O–H groups in total. The third-order valence-electron chi connectivity index (χ3n) is 9.85. The number of aryl methyl sites for hydroxylation is 2. The Morgan fingerprint density at radius 1 is 0.524 bits per heavy atom. The maximum absolute atomic E-state index is 13.5. The predicted octanol–water partition coefficient (Wildman–Crippen LogP) is 8.33. The van der Waals surface area contributed by atoms with E-state index in [4.69, 9.17) is 18.9 Å². The second kappa shape index (κ2) is 23.8. The van der Waals surface area contributed by atoms with Crippen LogP contribution < -0.4 is 18.9 Å². The van der Waals surface area contributed by atoms with E-state index < -0.39 is 20.0 Å². The fourth-order valence-corrected chi connectivity index (χ4v) is 9.34. The summed E-state index contributed by atoms with van der Waals surface area (Å²) in [5.74, 6) is 2.88. The van der Waals surface area contributed by atoms with Crippen LogP contribution in [0.4, 0.5) is 0 Å². The molecule has 0 amide bonds. The molecule has 0 radical (unpaired) electrons. The summed E-state index contributed by atoms with van der Waals surface area (Å²) in [6.07, 6.45) is 7.81. The van der Waals surface area contributed by atoms with Crippen molar-refractivity contribution in [1.29, 1.82) is 0 Å². The topological polar surface area (TPSA) is 147 Å². The summed E-state index contributed by atoms with van der Waals surface area (Å²) in [4.78, 5) is 0. The average molecular weight is 964 g/mol. The maximum Gasteiger partial charge on any atom is 0.262 e. The summed E-state index contributed by atoms with van der Waals surface area (Å²) in [5.41, 5.74) is 3.42. The quantitative estimate of drug-likeness (QED) is 0.0349. The Labute approximate surface area is 379 Å². The molecule has 0 saturated heterocycles. The zero-order valence-corrected chi connectivity index (χ0v) is 39.3. The summed E-state index contributed by atoms with van der Waals surface area (Å²) in [7, 11) is -1.24. The number of nitrogens with zero attached hydrogens (tertiary/aromatic N) is 6. The number of methoxy groups -OCH3 is 4. The van der Waals surface area contributed by atoms with Crippen LogP contribution in [0, 0.1) is 0 Å². The monoisotopic (exact) mass is 962 g/mol. The van der Waals surface area contributed by atoms with Crippen molar-refractivity contribution in [2.45, 2.75) is 68.6 Å². The van der Waals surface area contributed by atoms with Gasteiger partial charge in [-0.15, -0.1) is 6.58 Å². The van der Waals surface area contributed by atoms with E-state index in [2.05, 4.69) is 32.7 Å². The lowest BCUT2D eigenvalue weighted by Gasteiger charge is -2.21. The highest BCUT2D eigenvalue weighted by Crippen LogP contribution is 2.25. The van der Waals surface area contributed by atoms with Gasteiger partial charge in [-0.3, -0.25) is 9.36 Å². The lowest BCUT2D eigenvalue weighted by atomic mass is 10.2. The van der Waals surface area contributed by atoms with E-state index in [1.165, 1.54) is 14.7 Å². The fraction of sp³-hybridized carbons (Fsp3) is 0.304. The Bertz CT molecular complexity index is 2430. The van der Waals surface area contributed by atoms with E-state index in [0.717, 1.165) is 51.9 Å². The van der Waals surface area contributed by atoms with Gasteiger partial charge in [-0.1, -0.05) is 70.5 Å². The van der Waals surface area contributed by atoms with Crippen LogP contribution in [0.1, 0.15) is 41.5 Å². The highest BCUT2D eigenvalue weighted by molar-refractivity contribution is 9.09. The number of hydrogen-bond acceptors (Lipinski definition) is 10. The molecule has 0 unspecified atom stereocenters. The van der Waals surface area contributed by atoms with E-state index in [1.807, 2.05) is 97.1 Å². The molecule has 4 aromatic carbocycles. The molecule has 6 aromatic rings. The minimum atomic E-state index is -3.82. The van der Waals surface area contributed by atoms with Crippen molar-refractivity contribution in [3.8, 4) is 23.0 Å². The predicted molar refractivity (Wildman–Crippen MR) is 247 cm³/mol. The van der Waals surface area contributed by atoms with Gasteiger partial charge in [-0.25, -0.2) is 16.8 Å². The van der Waals surface area contributed by atoms with Crippen molar-refractivity contribution < 1.29 is 35.8 Å². The van der Waals surface area contributed by atoms with Crippen molar-refractivity contribution in [1.82, 2.24) is 28.2 Å².